The number of rotatable bonds is 8. The number of amides is 1. The molecule has 0 aromatic heterocycles. The quantitative estimate of drug-likeness (QED) is 0.629. The molecule has 2 aromatic carbocycles. The van der Waals surface area contributed by atoms with Gasteiger partial charge in [0.15, 0.2) is 0 Å². The summed E-state index contributed by atoms with van der Waals surface area (Å²) in [6.07, 6.45) is 3.83. The molecule has 168 valence electrons. The molecule has 8 heteroatoms. The Morgan fingerprint density at radius 1 is 1.00 bits per heavy atom. The van der Waals surface area contributed by atoms with Gasteiger partial charge in [0.2, 0.25) is 10.0 Å². The fourth-order valence-corrected chi connectivity index (χ4v) is 5.08. The fourth-order valence-electron chi connectivity index (χ4n) is 3.54. The Morgan fingerprint density at radius 3 is 2.29 bits per heavy atom. The molecule has 0 aliphatic carbocycles. The van der Waals surface area contributed by atoms with Gasteiger partial charge in [-0.15, -0.1) is 0 Å². The third-order valence-corrected chi connectivity index (χ3v) is 7.27. The van der Waals surface area contributed by atoms with Crippen molar-refractivity contribution in [3.05, 3.63) is 53.6 Å². The Bertz CT molecular complexity index is 982. The van der Waals surface area contributed by atoms with E-state index in [-0.39, 0.29) is 10.8 Å². The van der Waals surface area contributed by atoms with Gasteiger partial charge in [-0.1, -0.05) is 18.9 Å². The Balaban J connectivity index is 1.61. The van der Waals surface area contributed by atoms with E-state index in [0.29, 0.717) is 37.6 Å². The van der Waals surface area contributed by atoms with E-state index in [0.717, 1.165) is 37.0 Å². The molecule has 0 unspecified atom stereocenters. The van der Waals surface area contributed by atoms with E-state index < -0.39 is 10.0 Å². The predicted molar refractivity (Wildman–Crippen MR) is 119 cm³/mol. The number of hydrogen-bond donors (Lipinski definition) is 1. The molecule has 2 aromatic rings. The van der Waals surface area contributed by atoms with Crippen molar-refractivity contribution in [1.29, 1.82) is 0 Å². The first-order chi connectivity index (χ1) is 14.9. The van der Waals surface area contributed by atoms with Gasteiger partial charge in [-0.2, -0.15) is 4.31 Å². The predicted octanol–water partition coefficient (Wildman–Crippen LogP) is 3.38. The molecule has 1 N–H and O–H groups in total. The second-order valence-electron chi connectivity index (χ2n) is 7.57. The van der Waals surface area contributed by atoms with Gasteiger partial charge in [-0.25, -0.2) is 8.42 Å². The van der Waals surface area contributed by atoms with Crippen molar-refractivity contribution in [3.63, 3.8) is 0 Å². The van der Waals surface area contributed by atoms with Gasteiger partial charge in [-0.05, 0) is 61.7 Å². The molecule has 1 amide bonds. The van der Waals surface area contributed by atoms with Crippen molar-refractivity contribution >= 4 is 15.9 Å². The number of hydrogen-bond acceptors (Lipinski definition) is 5. The molecule has 0 spiro atoms. The molecule has 31 heavy (non-hydrogen) atoms. The SMILES string of the molecule is COc1ccc(OCCNC(=O)c2cc(S(=O)(=O)N3CCCCCC3)ccc2C)cc1. The Hall–Kier alpha value is -2.58. The van der Waals surface area contributed by atoms with E-state index in [1.165, 1.54) is 10.4 Å². The molecular formula is C23H30N2O5S. The summed E-state index contributed by atoms with van der Waals surface area (Å²) >= 11 is 0. The minimum atomic E-state index is -3.61. The molecule has 0 radical (unpaired) electrons. The summed E-state index contributed by atoms with van der Waals surface area (Å²) in [6.45, 7) is 3.45. The number of aryl methyl sites for hydroxylation is 1. The monoisotopic (exact) mass is 446 g/mol. The zero-order chi connectivity index (χ0) is 22.3. The van der Waals surface area contributed by atoms with Crippen LogP contribution in [0.5, 0.6) is 11.5 Å². The highest BCUT2D eigenvalue weighted by atomic mass is 32.2. The van der Waals surface area contributed by atoms with E-state index in [1.54, 1.807) is 50.4 Å². The van der Waals surface area contributed by atoms with Crippen LogP contribution in [0, 0.1) is 6.92 Å². The lowest BCUT2D eigenvalue weighted by atomic mass is 10.1. The van der Waals surface area contributed by atoms with Gasteiger partial charge in [-0.3, -0.25) is 4.79 Å². The molecular weight excluding hydrogens is 416 g/mol. The number of carbonyl (C=O) groups excluding carboxylic acids is 1. The Labute approximate surface area is 184 Å². The van der Waals surface area contributed by atoms with Crippen LogP contribution >= 0.6 is 0 Å². The van der Waals surface area contributed by atoms with Crippen LogP contribution in [0.15, 0.2) is 47.4 Å². The maximum atomic E-state index is 13.1. The van der Waals surface area contributed by atoms with E-state index in [4.69, 9.17) is 9.47 Å². The summed E-state index contributed by atoms with van der Waals surface area (Å²) in [5.74, 6) is 1.10. The maximum Gasteiger partial charge on any atom is 0.251 e. The number of carbonyl (C=O) groups is 1. The Morgan fingerprint density at radius 2 is 1.65 bits per heavy atom. The minimum Gasteiger partial charge on any atom is -0.497 e. The summed E-state index contributed by atoms with van der Waals surface area (Å²) in [6, 6.07) is 11.9. The van der Waals surface area contributed by atoms with Crippen LogP contribution < -0.4 is 14.8 Å². The highest BCUT2D eigenvalue weighted by Crippen LogP contribution is 2.23. The van der Waals surface area contributed by atoms with Crippen molar-refractivity contribution in [2.75, 3.05) is 33.4 Å². The van der Waals surface area contributed by atoms with Crippen LogP contribution in [-0.4, -0.2) is 52.0 Å². The topological polar surface area (TPSA) is 84.9 Å². The van der Waals surface area contributed by atoms with Crippen molar-refractivity contribution in [1.82, 2.24) is 9.62 Å². The third-order valence-electron chi connectivity index (χ3n) is 5.37. The second-order valence-corrected chi connectivity index (χ2v) is 9.51. The lowest BCUT2D eigenvalue weighted by Gasteiger charge is -2.20. The molecule has 0 bridgehead atoms. The van der Waals surface area contributed by atoms with Crippen LogP contribution in [0.3, 0.4) is 0 Å². The molecule has 1 saturated heterocycles. The highest BCUT2D eigenvalue weighted by molar-refractivity contribution is 7.89. The van der Waals surface area contributed by atoms with Crippen LogP contribution in [-0.2, 0) is 10.0 Å². The lowest BCUT2D eigenvalue weighted by Crippen LogP contribution is -2.32. The Kier molecular flexibility index (Phi) is 7.92. The van der Waals surface area contributed by atoms with Gasteiger partial charge >= 0.3 is 0 Å². The molecule has 1 aliphatic heterocycles. The first kappa shape index (κ1) is 23.1. The second kappa shape index (κ2) is 10.6. The zero-order valence-corrected chi connectivity index (χ0v) is 18.9. The highest BCUT2D eigenvalue weighted by Gasteiger charge is 2.26. The van der Waals surface area contributed by atoms with Gasteiger partial charge < -0.3 is 14.8 Å². The number of methoxy groups -OCH3 is 1. The third kappa shape index (κ3) is 5.98. The van der Waals surface area contributed by atoms with E-state index in [2.05, 4.69) is 5.32 Å². The van der Waals surface area contributed by atoms with Crippen LogP contribution in [0.1, 0.15) is 41.6 Å². The van der Waals surface area contributed by atoms with Crippen LogP contribution in [0.4, 0.5) is 0 Å². The normalized spacial score (nSPS) is 15.2. The number of nitrogens with zero attached hydrogens (tertiary/aromatic N) is 1. The van der Waals surface area contributed by atoms with Crippen molar-refractivity contribution < 1.29 is 22.7 Å². The summed E-state index contributed by atoms with van der Waals surface area (Å²) in [5.41, 5.74) is 1.09. The fraction of sp³-hybridized carbons (Fsp3) is 0.435. The van der Waals surface area contributed by atoms with Gasteiger partial charge in [0, 0.05) is 18.7 Å². The number of benzene rings is 2. The number of nitrogens with one attached hydrogen (secondary N) is 1. The van der Waals surface area contributed by atoms with E-state index in [1.807, 2.05) is 0 Å². The molecule has 1 heterocycles. The molecule has 0 saturated carbocycles. The first-order valence-electron chi connectivity index (χ1n) is 10.6. The zero-order valence-electron chi connectivity index (χ0n) is 18.1. The summed E-state index contributed by atoms with van der Waals surface area (Å²) < 4.78 is 38.4. The number of ether oxygens (including phenoxy) is 2. The minimum absolute atomic E-state index is 0.166. The standard InChI is InChI=1S/C23H30N2O5S/c1-18-7-12-21(31(27,28)25-14-5-3-4-6-15-25)17-22(18)23(26)24-13-16-30-20-10-8-19(29-2)9-11-20/h7-12,17H,3-6,13-16H2,1-2H3,(H,24,26). The van der Waals surface area contributed by atoms with Crippen LogP contribution in [0.2, 0.25) is 0 Å². The van der Waals surface area contributed by atoms with E-state index >= 15 is 0 Å². The molecule has 0 atom stereocenters. The number of sulfonamides is 1. The molecule has 3 rings (SSSR count). The largest absolute Gasteiger partial charge is 0.497 e. The molecule has 1 aliphatic rings. The smallest absolute Gasteiger partial charge is 0.251 e. The van der Waals surface area contributed by atoms with Crippen LogP contribution in [0.25, 0.3) is 0 Å². The first-order valence-corrected chi connectivity index (χ1v) is 12.0. The van der Waals surface area contributed by atoms with E-state index in [9.17, 15) is 13.2 Å². The van der Waals surface area contributed by atoms with Crippen molar-refractivity contribution in [2.24, 2.45) is 0 Å². The summed E-state index contributed by atoms with van der Waals surface area (Å²) in [4.78, 5) is 12.8. The van der Waals surface area contributed by atoms with Gasteiger partial charge in [0.05, 0.1) is 18.6 Å². The maximum absolute atomic E-state index is 13.1. The average Bonchev–Trinajstić information content (AvgIpc) is 3.07. The summed E-state index contributed by atoms with van der Waals surface area (Å²) in [5, 5.41) is 2.80. The molecule has 7 nitrogen and oxygen atoms in total. The van der Waals surface area contributed by atoms with Gasteiger partial charge in [0.25, 0.3) is 5.91 Å². The van der Waals surface area contributed by atoms with Crippen molar-refractivity contribution in [3.8, 4) is 11.5 Å². The lowest BCUT2D eigenvalue weighted by molar-refractivity contribution is 0.0946. The summed E-state index contributed by atoms with van der Waals surface area (Å²) in [7, 11) is -2.01. The van der Waals surface area contributed by atoms with Crippen molar-refractivity contribution in [2.45, 2.75) is 37.5 Å². The average molecular weight is 447 g/mol. The molecule has 1 fully saturated rings. The van der Waals surface area contributed by atoms with Gasteiger partial charge in [0.1, 0.15) is 18.1 Å².